The van der Waals surface area contributed by atoms with Gasteiger partial charge in [0.15, 0.2) is 0 Å². The highest BCUT2D eigenvalue weighted by Gasteiger charge is 2.19. The lowest BCUT2D eigenvalue weighted by Crippen LogP contribution is -2.27. The normalized spacial score (nSPS) is 12.7. The highest BCUT2D eigenvalue weighted by Crippen LogP contribution is 2.24. The second-order valence-electron chi connectivity index (χ2n) is 6.67. The maximum atomic E-state index is 12.8. The SMILES string of the molecule is COCCOc1ccc(S(=O)(=O)NC(C)c2ccc(-n3ccnc3)cc2)cc1C. The topological polar surface area (TPSA) is 82.5 Å². The number of ether oxygens (including phenoxy) is 2. The van der Waals surface area contributed by atoms with Crippen LogP contribution in [0.3, 0.4) is 0 Å². The van der Waals surface area contributed by atoms with Crippen LogP contribution in [-0.4, -0.2) is 38.3 Å². The Labute approximate surface area is 171 Å². The zero-order valence-corrected chi connectivity index (χ0v) is 17.5. The van der Waals surface area contributed by atoms with E-state index in [2.05, 4.69) is 9.71 Å². The van der Waals surface area contributed by atoms with E-state index in [9.17, 15) is 8.42 Å². The maximum absolute atomic E-state index is 12.8. The summed E-state index contributed by atoms with van der Waals surface area (Å²) in [5, 5.41) is 0. The van der Waals surface area contributed by atoms with Crippen LogP contribution in [0.2, 0.25) is 0 Å². The van der Waals surface area contributed by atoms with E-state index in [1.54, 1.807) is 37.8 Å². The molecular formula is C21H25N3O4S. The van der Waals surface area contributed by atoms with E-state index in [1.165, 1.54) is 0 Å². The minimum Gasteiger partial charge on any atom is -0.491 e. The Morgan fingerprint density at radius 2 is 1.90 bits per heavy atom. The van der Waals surface area contributed by atoms with Gasteiger partial charge in [0.2, 0.25) is 10.0 Å². The molecule has 3 rings (SSSR count). The number of imidazole rings is 1. The van der Waals surface area contributed by atoms with Crippen LogP contribution >= 0.6 is 0 Å². The van der Waals surface area contributed by atoms with Crippen LogP contribution in [-0.2, 0) is 14.8 Å². The van der Waals surface area contributed by atoms with Crippen molar-refractivity contribution in [1.82, 2.24) is 14.3 Å². The molecule has 0 aliphatic rings. The van der Waals surface area contributed by atoms with Gasteiger partial charge < -0.3 is 14.0 Å². The van der Waals surface area contributed by atoms with E-state index < -0.39 is 10.0 Å². The fourth-order valence-corrected chi connectivity index (χ4v) is 4.22. The number of methoxy groups -OCH3 is 1. The van der Waals surface area contributed by atoms with Gasteiger partial charge in [0.05, 0.1) is 17.8 Å². The molecule has 7 nitrogen and oxygen atoms in total. The molecule has 0 amide bonds. The minimum atomic E-state index is -3.67. The number of hydrogen-bond acceptors (Lipinski definition) is 5. The third-order valence-corrected chi connectivity index (χ3v) is 6.07. The maximum Gasteiger partial charge on any atom is 0.241 e. The quantitative estimate of drug-likeness (QED) is 0.543. The Bertz CT molecular complexity index is 1030. The molecule has 0 spiro atoms. The first kappa shape index (κ1) is 21.0. The van der Waals surface area contributed by atoms with Gasteiger partial charge in [-0.25, -0.2) is 18.1 Å². The van der Waals surface area contributed by atoms with E-state index in [-0.39, 0.29) is 10.9 Å². The Kier molecular flexibility index (Phi) is 6.68. The van der Waals surface area contributed by atoms with Gasteiger partial charge >= 0.3 is 0 Å². The highest BCUT2D eigenvalue weighted by molar-refractivity contribution is 7.89. The van der Waals surface area contributed by atoms with Crippen LogP contribution in [0.25, 0.3) is 5.69 Å². The summed E-state index contributed by atoms with van der Waals surface area (Å²) in [4.78, 5) is 4.23. The van der Waals surface area contributed by atoms with Crippen molar-refractivity contribution in [3.8, 4) is 11.4 Å². The number of nitrogens with one attached hydrogen (secondary N) is 1. The van der Waals surface area contributed by atoms with Gasteiger partial charge in [0.1, 0.15) is 12.4 Å². The molecule has 0 saturated heterocycles. The molecule has 3 aromatic rings. The molecule has 0 aliphatic carbocycles. The van der Waals surface area contributed by atoms with Crippen LogP contribution in [0.1, 0.15) is 24.1 Å². The molecule has 29 heavy (non-hydrogen) atoms. The van der Waals surface area contributed by atoms with Crippen LogP contribution < -0.4 is 9.46 Å². The van der Waals surface area contributed by atoms with E-state index in [1.807, 2.05) is 48.9 Å². The summed E-state index contributed by atoms with van der Waals surface area (Å²) in [6.45, 7) is 4.52. The summed E-state index contributed by atoms with van der Waals surface area (Å²) in [6, 6.07) is 12.1. The molecule has 2 aromatic carbocycles. The average Bonchev–Trinajstić information content (AvgIpc) is 3.24. The molecular weight excluding hydrogens is 390 g/mol. The molecule has 0 fully saturated rings. The van der Waals surface area contributed by atoms with E-state index in [4.69, 9.17) is 9.47 Å². The highest BCUT2D eigenvalue weighted by atomic mass is 32.2. The van der Waals surface area contributed by atoms with Crippen LogP contribution in [0, 0.1) is 6.92 Å². The molecule has 0 aliphatic heterocycles. The summed E-state index contributed by atoms with van der Waals surface area (Å²) in [5.41, 5.74) is 2.58. The predicted molar refractivity (Wildman–Crippen MR) is 111 cm³/mol. The van der Waals surface area contributed by atoms with Crippen molar-refractivity contribution >= 4 is 10.0 Å². The van der Waals surface area contributed by atoms with Gasteiger partial charge in [0.25, 0.3) is 0 Å². The number of hydrogen-bond donors (Lipinski definition) is 1. The number of aryl methyl sites for hydroxylation is 1. The zero-order chi connectivity index (χ0) is 20.9. The third kappa shape index (κ3) is 5.23. The van der Waals surface area contributed by atoms with Gasteiger partial charge in [0, 0.05) is 31.2 Å². The molecule has 0 radical (unpaired) electrons. The second kappa shape index (κ2) is 9.21. The second-order valence-corrected chi connectivity index (χ2v) is 8.39. The molecule has 1 N–H and O–H groups in total. The molecule has 154 valence electrons. The average molecular weight is 416 g/mol. The molecule has 1 heterocycles. The van der Waals surface area contributed by atoms with Gasteiger partial charge in [-0.05, 0) is 55.3 Å². The molecule has 1 atom stereocenters. The summed E-state index contributed by atoms with van der Waals surface area (Å²) in [6.07, 6.45) is 5.28. The number of aromatic nitrogens is 2. The lowest BCUT2D eigenvalue weighted by molar-refractivity contribution is 0.146. The van der Waals surface area contributed by atoms with Crippen molar-refractivity contribution in [2.75, 3.05) is 20.3 Å². The van der Waals surface area contributed by atoms with Crippen molar-refractivity contribution in [3.05, 3.63) is 72.3 Å². The predicted octanol–water partition coefficient (Wildman–Crippen LogP) is 3.25. The largest absolute Gasteiger partial charge is 0.491 e. The van der Waals surface area contributed by atoms with E-state index in [0.29, 0.717) is 19.0 Å². The number of sulfonamides is 1. The summed E-state index contributed by atoms with van der Waals surface area (Å²) >= 11 is 0. The lowest BCUT2D eigenvalue weighted by Gasteiger charge is -2.16. The van der Waals surface area contributed by atoms with Gasteiger partial charge in [-0.3, -0.25) is 0 Å². The summed E-state index contributed by atoms with van der Waals surface area (Å²) in [7, 11) is -2.07. The smallest absolute Gasteiger partial charge is 0.241 e. The Balaban J connectivity index is 1.70. The fraction of sp³-hybridized carbons (Fsp3) is 0.286. The monoisotopic (exact) mass is 415 g/mol. The van der Waals surface area contributed by atoms with Crippen molar-refractivity contribution in [3.63, 3.8) is 0 Å². The van der Waals surface area contributed by atoms with Crippen LogP contribution in [0.4, 0.5) is 0 Å². The number of rotatable bonds is 9. The minimum absolute atomic E-state index is 0.205. The third-order valence-electron chi connectivity index (χ3n) is 4.53. The Hall–Kier alpha value is -2.68. The first-order valence-corrected chi connectivity index (χ1v) is 10.7. The van der Waals surface area contributed by atoms with Crippen LogP contribution in [0.15, 0.2) is 66.1 Å². The molecule has 0 saturated carbocycles. The van der Waals surface area contributed by atoms with Crippen molar-refractivity contribution < 1.29 is 17.9 Å². The molecule has 0 bridgehead atoms. The first-order chi connectivity index (χ1) is 13.9. The molecule has 1 aromatic heterocycles. The number of benzene rings is 2. The summed E-state index contributed by atoms with van der Waals surface area (Å²) in [5.74, 6) is 0.643. The van der Waals surface area contributed by atoms with E-state index >= 15 is 0 Å². The number of nitrogens with zero attached hydrogens (tertiary/aromatic N) is 2. The molecule has 1 unspecified atom stereocenters. The Morgan fingerprint density at radius 1 is 1.14 bits per heavy atom. The van der Waals surface area contributed by atoms with Gasteiger partial charge in [-0.2, -0.15) is 0 Å². The fourth-order valence-electron chi connectivity index (χ4n) is 2.90. The standard InChI is InChI=1S/C21H25N3O4S/c1-16-14-20(8-9-21(16)28-13-12-27-3)29(25,26)23-17(2)18-4-6-19(7-5-18)24-11-10-22-15-24/h4-11,14-15,17,23H,12-13H2,1-3H3. The van der Waals surface area contributed by atoms with Crippen molar-refractivity contribution in [2.24, 2.45) is 0 Å². The van der Waals surface area contributed by atoms with Crippen molar-refractivity contribution in [2.45, 2.75) is 24.8 Å². The van der Waals surface area contributed by atoms with Gasteiger partial charge in [-0.1, -0.05) is 12.1 Å². The van der Waals surface area contributed by atoms with E-state index in [0.717, 1.165) is 16.8 Å². The van der Waals surface area contributed by atoms with Gasteiger partial charge in [-0.15, -0.1) is 0 Å². The Morgan fingerprint density at radius 3 is 2.52 bits per heavy atom. The lowest BCUT2D eigenvalue weighted by atomic mass is 10.1. The van der Waals surface area contributed by atoms with Crippen LogP contribution in [0.5, 0.6) is 5.75 Å². The zero-order valence-electron chi connectivity index (χ0n) is 16.7. The summed E-state index contributed by atoms with van der Waals surface area (Å²) < 4.78 is 40.8. The molecule has 8 heteroatoms. The first-order valence-electron chi connectivity index (χ1n) is 9.24. The van der Waals surface area contributed by atoms with Crippen molar-refractivity contribution in [1.29, 1.82) is 0 Å².